The third-order valence-electron chi connectivity index (χ3n) is 4.11. The highest BCUT2D eigenvalue weighted by Gasteiger charge is 2.15. The van der Waals surface area contributed by atoms with E-state index in [2.05, 4.69) is 11.9 Å². The average molecular weight is 275 g/mol. The van der Waals surface area contributed by atoms with Crippen LogP contribution < -0.4 is 4.74 Å². The van der Waals surface area contributed by atoms with Gasteiger partial charge >= 0.3 is 0 Å². The number of unbranched alkanes of at least 4 members (excludes halogenated alkanes) is 1. The number of rotatable bonds is 7. The first-order valence-corrected chi connectivity index (χ1v) is 7.64. The van der Waals surface area contributed by atoms with E-state index in [1.807, 2.05) is 12.1 Å². The average Bonchev–Trinajstić information content (AvgIpc) is 2.49. The molecule has 1 fully saturated rings. The lowest BCUT2D eigenvalue weighted by Crippen LogP contribution is -2.30. The first-order chi connectivity index (χ1) is 9.78. The van der Waals surface area contributed by atoms with Crippen LogP contribution >= 0.6 is 0 Å². The Kier molecular flexibility index (Phi) is 6.06. The van der Waals surface area contributed by atoms with Gasteiger partial charge in [0.15, 0.2) is 0 Å². The largest absolute Gasteiger partial charge is 0.494 e. The minimum atomic E-state index is 0.675. The van der Waals surface area contributed by atoms with E-state index in [0.29, 0.717) is 5.56 Å². The van der Waals surface area contributed by atoms with Crippen LogP contribution in [0.5, 0.6) is 5.75 Å². The molecule has 0 N–H and O–H groups in total. The van der Waals surface area contributed by atoms with Crippen molar-refractivity contribution in [3.63, 3.8) is 0 Å². The summed E-state index contributed by atoms with van der Waals surface area (Å²) in [5.41, 5.74) is 0.675. The molecular formula is C17H25NO2. The number of piperidine rings is 1. The fraction of sp³-hybridized carbons (Fsp3) is 0.588. The van der Waals surface area contributed by atoms with Crippen LogP contribution in [-0.4, -0.2) is 37.9 Å². The molecular weight excluding hydrogens is 250 g/mol. The topological polar surface area (TPSA) is 29.5 Å². The number of nitrogens with zero attached hydrogens (tertiary/aromatic N) is 1. The van der Waals surface area contributed by atoms with Crippen LogP contribution in [0, 0.1) is 5.92 Å². The van der Waals surface area contributed by atoms with E-state index in [1.165, 1.54) is 38.8 Å². The van der Waals surface area contributed by atoms with Crippen molar-refractivity contribution in [1.82, 2.24) is 4.90 Å². The van der Waals surface area contributed by atoms with Gasteiger partial charge in [-0.05, 0) is 63.9 Å². The molecule has 0 atom stereocenters. The molecule has 3 nitrogen and oxygen atoms in total. The summed E-state index contributed by atoms with van der Waals surface area (Å²) in [5, 5.41) is 0. The standard InChI is InChI=1S/C17H25NO2/c1-18-10-8-15(9-11-18)5-2-3-12-20-17-7-4-6-16(13-17)14-19/h4,6-7,13-15H,2-3,5,8-12H2,1H3. The Morgan fingerprint density at radius 3 is 2.85 bits per heavy atom. The Hall–Kier alpha value is -1.35. The molecule has 0 saturated carbocycles. The summed E-state index contributed by atoms with van der Waals surface area (Å²) in [5.74, 6) is 1.71. The molecule has 2 rings (SSSR count). The van der Waals surface area contributed by atoms with Crippen molar-refractivity contribution in [2.24, 2.45) is 5.92 Å². The summed E-state index contributed by atoms with van der Waals surface area (Å²) in [6.45, 7) is 3.24. The number of hydrogen-bond donors (Lipinski definition) is 0. The Morgan fingerprint density at radius 1 is 1.30 bits per heavy atom. The number of aldehydes is 1. The van der Waals surface area contributed by atoms with Gasteiger partial charge in [-0.2, -0.15) is 0 Å². The highest BCUT2D eigenvalue weighted by atomic mass is 16.5. The van der Waals surface area contributed by atoms with Crippen LogP contribution in [0.2, 0.25) is 0 Å². The van der Waals surface area contributed by atoms with E-state index in [-0.39, 0.29) is 0 Å². The molecule has 1 heterocycles. The summed E-state index contributed by atoms with van der Waals surface area (Å²) < 4.78 is 5.69. The van der Waals surface area contributed by atoms with Gasteiger partial charge in [-0.25, -0.2) is 0 Å². The fourth-order valence-electron chi connectivity index (χ4n) is 2.75. The number of carbonyl (C=O) groups is 1. The van der Waals surface area contributed by atoms with E-state index in [1.54, 1.807) is 12.1 Å². The Labute approximate surface area is 121 Å². The zero-order valence-electron chi connectivity index (χ0n) is 12.4. The van der Waals surface area contributed by atoms with Gasteiger partial charge in [0.1, 0.15) is 12.0 Å². The number of ether oxygens (including phenoxy) is 1. The van der Waals surface area contributed by atoms with Gasteiger partial charge in [0.2, 0.25) is 0 Å². The highest BCUT2D eigenvalue weighted by molar-refractivity contribution is 5.75. The second-order valence-corrected chi connectivity index (χ2v) is 5.78. The summed E-state index contributed by atoms with van der Waals surface area (Å²) >= 11 is 0. The van der Waals surface area contributed by atoms with Gasteiger partial charge in [0, 0.05) is 5.56 Å². The third kappa shape index (κ3) is 4.97. The molecule has 3 heteroatoms. The fourth-order valence-corrected chi connectivity index (χ4v) is 2.75. The van der Waals surface area contributed by atoms with Crippen LogP contribution in [0.1, 0.15) is 42.5 Å². The highest BCUT2D eigenvalue weighted by Crippen LogP contribution is 2.21. The lowest BCUT2D eigenvalue weighted by molar-refractivity contribution is 0.112. The van der Waals surface area contributed by atoms with Crippen molar-refractivity contribution in [2.45, 2.75) is 32.1 Å². The Bertz CT molecular complexity index is 411. The van der Waals surface area contributed by atoms with Gasteiger partial charge in [0.25, 0.3) is 0 Å². The maximum absolute atomic E-state index is 10.7. The summed E-state index contributed by atoms with van der Waals surface area (Å²) in [6.07, 6.45) is 7.20. The first-order valence-electron chi connectivity index (χ1n) is 7.64. The molecule has 0 unspecified atom stereocenters. The van der Waals surface area contributed by atoms with Crippen LogP contribution in [0.3, 0.4) is 0 Å². The minimum absolute atomic E-state index is 0.675. The molecule has 1 aromatic carbocycles. The molecule has 1 aromatic rings. The molecule has 20 heavy (non-hydrogen) atoms. The summed E-state index contributed by atoms with van der Waals surface area (Å²) in [6, 6.07) is 7.35. The van der Waals surface area contributed by atoms with Gasteiger partial charge in [-0.1, -0.05) is 18.6 Å². The molecule has 0 bridgehead atoms. The molecule has 1 saturated heterocycles. The van der Waals surface area contributed by atoms with Crippen molar-refractivity contribution < 1.29 is 9.53 Å². The summed E-state index contributed by atoms with van der Waals surface area (Å²) in [4.78, 5) is 13.1. The molecule has 0 aromatic heterocycles. The monoisotopic (exact) mass is 275 g/mol. The van der Waals surface area contributed by atoms with Crippen LogP contribution in [0.15, 0.2) is 24.3 Å². The molecule has 110 valence electrons. The normalized spacial score (nSPS) is 17.1. The van der Waals surface area contributed by atoms with Gasteiger partial charge < -0.3 is 9.64 Å². The molecule has 0 amide bonds. The molecule has 1 aliphatic rings. The lowest BCUT2D eigenvalue weighted by atomic mass is 9.92. The van der Waals surface area contributed by atoms with E-state index in [0.717, 1.165) is 31.0 Å². The number of likely N-dealkylation sites (tertiary alicyclic amines) is 1. The van der Waals surface area contributed by atoms with E-state index >= 15 is 0 Å². The van der Waals surface area contributed by atoms with Gasteiger partial charge in [-0.3, -0.25) is 4.79 Å². The van der Waals surface area contributed by atoms with Crippen molar-refractivity contribution in [1.29, 1.82) is 0 Å². The first kappa shape index (κ1) is 15.0. The molecule has 0 aliphatic carbocycles. The molecule has 0 radical (unpaired) electrons. The van der Waals surface area contributed by atoms with Crippen molar-refractivity contribution in [2.75, 3.05) is 26.7 Å². The zero-order valence-corrected chi connectivity index (χ0v) is 12.4. The quantitative estimate of drug-likeness (QED) is 0.564. The SMILES string of the molecule is CN1CCC(CCCCOc2cccc(C=O)c2)CC1. The Balaban J connectivity index is 1.58. The maximum Gasteiger partial charge on any atom is 0.150 e. The van der Waals surface area contributed by atoms with Crippen LogP contribution in [0.25, 0.3) is 0 Å². The van der Waals surface area contributed by atoms with Crippen LogP contribution in [0.4, 0.5) is 0 Å². The van der Waals surface area contributed by atoms with Gasteiger partial charge in [-0.15, -0.1) is 0 Å². The van der Waals surface area contributed by atoms with E-state index in [4.69, 9.17) is 4.74 Å². The van der Waals surface area contributed by atoms with Crippen molar-refractivity contribution in [3.05, 3.63) is 29.8 Å². The number of carbonyl (C=O) groups excluding carboxylic acids is 1. The zero-order chi connectivity index (χ0) is 14.2. The predicted octanol–water partition coefficient (Wildman–Crippen LogP) is 3.39. The number of benzene rings is 1. The molecule has 1 aliphatic heterocycles. The second kappa shape index (κ2) is 8.05. The smallest absolute Gasteiger partial charge is 0.150 e. The van der Waals surface area contributed by atoms with Crippen LogP contribution in [-0.2, 0) is 0 Å². The van der Waals surface area contributed by atoms with Gasteiger partial charge in [0.05, 0.1) is 6.61 Å². The lowest BCUT2D eigenvalue weighted by Gasteiger charge is -2.28. The third-order valence-corrected chi connectivity index (χ3v) is 4.11. The van der Waals surface area contributed by atoms with Crippen molar-refractivity contribution >= 4 is 6.29 Å². The minimum Gasteiger partial charge on any atom is -0.494 e. The number of hydrogen-bond acceptors (Lipinski definition) is 3. The Morgan fingerprint density at radius 2 is 2.10 bits per heavy atom. The maximum atomic E-state index is 10.7. The second-order valence-electron chi connectivity index (χ2n) is 5.78. The van der Waals surface area contributed by atoms with E-state index in [9.17, 15) is 4.79 Å². The van der Waals surface area contributed by atoms with E-state index < -0.39 is 0 Å². The summed E-state index contributed by atoms with van der Waals surface area (Å²) in [7, 11) is 2.21. The predicted molar refractivity (Wildman–Crippen MR) is 81.4 cm³/mol. The molecule has 0 spiro atoms. The van der Waals surface area contributed by atoms with Crippen molar-refractivity contribution in [3.8, 4) is 5.75 Å².